The molecule has 0 spiro atoms. The minimum absolute atomic E-state index is 0.0142. The number of unbranched alkanes of at least 4 members (excludes halogenated alkanes) is 28. The van der Waals surface area contributed by atoms with E-state index in [9.17, 15) is 39.3 Å². The zero-order valence-electron chi connectivity index (χ0n) is 42.5. The van der Waals surface area contributed by atoms with Crippen molar-refractivity contribution in [1.29, 1.82) is 0 Å². The van der Waals surface area contributed by atoms with Gasteiger partial charge in [-0.05, 0) is 25.7 Å². The van der Waals surface area contributed by atoms with Crippen LogP contribution >= 0.6 is 0 Å². The zero-order valence-corrected chi connectivity index (χ0v) is 42.5. The highest BCUT2D eigenvalue weighted by atomic mass is 16.4. The molecule has 13 nitrogen and oxygen atoms in total. The lowest BCUT2D eigenvalue weighted by Gasteiger charge is -2.33. The first-order chi connectivity index (χ1) is 31.5. The van der Waals surface area contributed by atoms with E-state index in [4.69, 9.17) is 0 Å². The van der Waals surface area contributed by atoms with Crippen LogP contribution in [0.5, 0.6) is 0 Å². The highest BCUT2D eigenvalue weighted by Crippen LogP contribution is 2.15. The molecule has 0 aliphatic carbocycles. The van der Waals surface area contributed by atoms with Gasteiger partial charge >= 0.3 is 30.0 Å². The SMILES string of the molecule is CCCCCCCCCCN(CCCCCCCCCC)C(=O)N(CCN(CCN(CC(=O)O)C(=O)N(CCCCCCCCCC)CCCCCCCCCC)CC(=O)O)CC(=O)O. The predicted molar refractivity (Wildman–Crippen MR) is 267 cm³/mol. The van der Waals surface area contributed by atoms with Crippen molar-refractivity contribution in [2.45, 2.75) is 233 Å². The number of carboxylic acid groups (broad SMARTS) is 3. The number of urea groups is 2. The predicted octanol–water partition coefficient (Wildman–Crippen LogP) is 12.6. The van der Waals surface area contributed by atoms with E-state index >= 15 is 0 Å². The van der Waals surface area contributed by atoms with E-state index in [1.165, 1.54) is 138 Å². The Hall–Kier alpha value is -3.09. The molecule has 0 unspecified atom stereocenters. The number of carboxylic acids is 3. The summed E-state index contributed by atoms with van der Waals surface area (Å²) in [7, 11) is 0. The van der Waals surface area contributed by atoms with E-state index in [1.807, 2.05) is 0 Å². The van der Waals surface area contributed by atoms with Gasteiger partial charge in [0.25, 0.3) is 0 Å². The molecule has 0 radical (unpaired) electrons. The first-order valence-corrected chi connectivity index (χ1v) is 27.0. The minimum atomic E-state index is -1.14. The quantitative estimate of drug-likeness (QED) is 0.0504. The molecule has 0 saturated carbocycles. The van der Waals surface area contributed by atoms with E-state index in [-0.39, 0.29) is 38.2 Å². The number of hydrogen-bond acceptors (Lipinski definition) is 6. The maximum atomic E-state index is 14.1. The van der Waals surface area contributed by atoms with Crippen molar-refractivity contribution in [3.05, 3.63) is 0 Å². The third-order valence-corrected chi connectivity index (χ3v) is 12.6. The summed E-state index contributed by atoms with van der Waals surface area (Å²) in [6.45, 7) is 9.67. The molecule has 4 amide bonds. The largest absolute Gasteiger partial charge is 0.480 e. The van der Waals surface area contributed by atoms with Crippen LogP contribution in [0.2, 0.25) is 0 Å². The Bertz CT molecular complexity index is 1060. The van der Waals surface area contributed by atoms with Gasteiger partial charge in [0.15, 0.2) is 0 Å². The lowest BCUT2D eigenvalue weighted by molar-refractivity contribution is -0.140. The second kappa shape index (κ2) is 44.7. The zero-order chi connectivity index (χ0) is 48.2. The summed E-state index contributed by atoms with van der Waals surface area (Å²) < 4.78 is 0. The van der Waals surface area contributed by atoms with Crippen LogP contribution in [-0.4, -0.2) is 142 Å². The number of amides is 4. The molecule has 382 valence electrons. The molecule has 0 aliphatic heterocycles. The number of hydrogen-bond donors (Lipinski definition) is 3. The maximum Gasteiger partial charge on any atom is 0.323 e. The molecule has 0 aromatic carbocycles. The summed E-state index contributed by atoms with van der Waals surface area (Å²) in [4.78, 5) is 72.4. The highest BCUT2D eigenvalue weighted by Gasteiger charge is 2.26. The maximum absolute atomic E-state index is 14.1. The number of aliphatic carboxylic acids is 3. The van der Waals surface area contributed by atoms with Gasteiger partial charge in [-0.25, -0.2) is 9.59 Å². The standard InChI is InChI=1S/C52H101N5O8/c1-5-9-13-17-21-25-29-33-37-54(38-34-30-26-22-18-14-10-6-2)51(64)56(46-49(60)61)43-41-53(45-48(58)59)42-44-57(47-50(62)63)52(65)55(39-35-31-27-23-19-15-11-7-3)40-36-32-28-24-20-16-12-8-4/h5-47H2,1-4H3,(H,58,59)(H,60,61)(H,62,63). The smallest absolute Gasteiger partial charge is 0.323 e. The molecule has 0 atom stereocenters. The Morgan fingerprint density at radius 3 is 0.692 bits per heavy atom. The van der Waals surface area contributed by atoms with Crippen LogP contribution in [0.3, 0.4) is 0 Å². The Kier molecular flexibility index (Phi) is 42.6. The molecule has 0 bridgehead atoms. The molecule has 65 heavy (non-hydrogen) atoms. The van der Waals surface area contributed by atoms with Crippen LogP contribution in [-0.2, 0) is 14.4 Å². The molecule has 0 fully saturated rings. The number of carbonyl (C=O) groups is 5. The van der Waals surface area contributed by atoms with Crippen molar-refractivity contribution < 1.29 is 39.3 Å². The number of nitrogens with zero attached hydrogens (tertiary/aromatic N) is 5. The van der Waals surface area contributed by atoms with Gasteiger partial charge in [-0.2, -0.15) is 0 Å². The third kappa shape index (κ3) is 37.7. The molecule has 3 N–H and O–H groups in total. The lowest BCUT2D eigenvalue weighted by Crippen LogP contribution is -2.51. The summed E-state index contributed by atoms with van der Waals surface area (Å²) in [5, 5.41) is 29.7. The van der Waals surface area contributed by atoms with Crippen molar-refractivity contribution in [3.8, 4) is 0 Å². The van der Waals surface area contributed by atoms with E-state index < -0.39 is 37.5 Å². The molecule has 13 heteroatoms. The first-order valence-electron chi connectivity index (χ1n) is 27.0. The molecule has 0 aliphatic rings. The van der Waals surface area contributed by atoms with Crippen LogP contribution in [0.1, 0.15) is 233 Å². The third-order valence-electron chi connectivity index (χ3n) is 12.6. The van der Waals surface area contributed by atoms with Gasteiger partial charge in [0, 0.05) is 52.4 Å². The molecule has 0 rings (SSSR count). The van der Waals surface area contributed by atoms with E-state index in [0.717, 1.165) is 77.0 Å². The fraction of sp³-hybridized carbons (Fsp3) is 0.904. The fourth-order valence-corrected chi connectivity index (χ4v) is 8.55. The van der Waals surface area contributed by atoms with Crippen LogP contribution in [0, 0.1) is 0 Å². The Balaban J connectivity index is 5.90. The van der Waals surface area contributed by atoms with Crippen molar-refractivity contribution in [2.24, 2.45) is 0 Å². The van der Waals surface area contributed by atoms with E-state index in [0.29, 0.717) is 26.2 Å². The normalized spacial score (nSPS) is 11.3. The van der Waals surface area contributed by atoms with Crippen LogP contribution in [0.4, 0.5) is 9.59 Å². The lowest BCUT2D eigenvalue weighted by atomic mass is 10.1. The van der Waals surface area contributed by atoms with Gasteiger partial charge in [-0.15, -0.1) is 0 Å². The summed E-state index contributed by atoms with van der Waals surface area (Å²) in [6.07, 6.45) is 36.1. The molecule has 0 heterocycles. The van der Waals surface area contributed by atoms with Gasteiger partial charge in [0.2, 0.25) is 0 Å². The summed E-state index contributed by atoms with van der Waals surface area (Å²) in [5.41, 5.74) is 0. The molecule has 0 aromatic rings. The van der Waals surface area contributed by atoms with Crippen LogP contribution in [0.25, 0.3) is 0 Å². The van der Waals surface area contributed by atoms with Gasteiger partial charge in [-0.1, -0.05) is 207 Å². The van der Waals surface area contributed by atoms with Gasteiger partial charge in [0.1, 0.15) is 13.1 Å². The average Bonchev–Trinajstić information content (AvgIpc) is 3.27. The molecular formula is C52H101N5O8. The summed E-state index contributed by atoms with van der Waals surface area (Å²) in [5.74, 6) is -3.39. The first kappa shape index (κ1) is 61.9. The molecule has 0 saturated heterocycles. The summed E-state index contributed by atoms with van der Waals surface area (Å²) in [6, 6.07) is -0.706. The Morgan fingerprint density at radius 2 is 0.477 bits per heavy atom. The fourth-order valence-electron chi connectivity index (χ4n) is 8.55. The Morgan fingerprint density at radius 1 is 0.262 bits per heavy atom. The highest BCUT2D eigenvalue weighted by molar-refractivity contribution is 5.81. The van der Waals surface area contributed by atoms with Gasteiger partial charge < -0.3 is 34.9 Å². The second-order valence-electron chi connectivity index (χ2n) is 18.7. The summed E-state index contributed by atoms with van der Waals surface area (Å²) >= 11 is 0. The minimum Gasteiger partial charge on any atom is -0.480 e. The average molecular weight is 924 g/mol. The number of carbonyl (C=O) groups excluding carboxylic acids is 2. The number of rotatable bonds is 48. The Labute approximate surface area is 397 Å². The molecular weight excluding hydrogens is 823 g/mol. The van der Waals surface area contributed by atoms with Gasteiger partial charge in [0.05, 0.1) is 6.54 Å². The van der Waals surface area contributed by atoms with Crippen molar-refractivity contribution in [1.82, 2.24) is 24.5 Å². The van der Waals surface area contributed by atoms with Crippen LogP contribution in [0.15, 0.2) is 0 Å². The second-order valence-corrected chi connectivity index (χ2v) is 18.7. The van der Waals surface area contributed by atoms with E-state index in [2.05, 4.69) is 27.7 Å². The monoisotopic (exact) mass is 924 g/mol. The van der Waals surface area contributed by atoms with Crippen molar-refractivity contribution in [2.75, 3.05) is 72.0 Å². The van der Waals surface area contributed by atoms with Gasteiger partial charge in [-0.3, -0.25) is 19.3 Å². The van der Waals surface area contributed by atoms with Crippen molar-refractivity contribution in [3.63, 3.8) is 0 Å². The van der Waals surface area contributed by atoms with Crippen molar-refractivity contribution >= 4 is 30.0 Å². The van der Waals surface area contributed by atoms with E-state index in [1.54, 1.807) is 14.7 Å². The van der Waals surface area contributed by atoms with Crippen LogP contribution < -0.4 is 0 Å². The topological polar surface area (TPSA) is 162 Å². The molecule has 0 aromatic heterocycles.